The fraction of sp³-hybridized carbons (Fsp3) is 0.500. The van der Waals surface area contributed by atoms with Gasteiger partial charge in [-0.2, -0.15) is 0 Å². The van der Waals surface area contributed by atoms with Crippen LogP contribution in [0, 0.1) is 0 Å². The molecule has 0 bridgehead atoms. The quantitative estimate of drug-likeness (QED) is 0.534. The lowest BCUT2D eigenvalue weighted by atomic mass is 9.95. The number of H-pyrrole nitrogens is 1. The molecule has 1 amide bonds. The van der Waals surface area contributed by atoms with Gasteiger partial charge < -0.3 is 19.4 Å². The first-order valence-electron chi connectivity index (χ1n) is 13.9. The summed E-state index contributed by atoms with van der Waals surface area (Å²) in [4.78, 5) is 23.7. The van der Waals surface area contributed by atoms with E-state index >= 15 is 0 Å². The lowest BCUT2D eigenvalue weighted by molar-refractivity contribution is 0.0341. The minimum atomic E-state index is 0.153. The molecular formula is C30H38N4O3. The molecule has 3 heterocycles. The molecule has 0 spiro atoms. The Morgan fingerprint density at radius 1 is 0.919 bits per heavy atom. The fourth-order valence-corrected chi connectivity index (χ4v) is 5.94. The highest BCUT2D eigenvalue weighted by Gasteiger charge is 2.23. The number of morpholine rings is 1. The molecule has 0 radical (unpaired) electrons. The van der Waals surface area contributed by atoms with Crippen LogP contribution in [0.3, 0.4) is 0 Å². The van der Waals surface area contributed by atoms with Crippen molar-refractivity contribution in [2.75, 3.05) is 65.6 Å². The highest BCUT2D eigenvalue weighted by atomic mass is 16.5. The number of aryl methyl sites for hydroxylation is 2. The summed E-state index contributed by atoms with van der Waals surface area (Å²) in [5, 5.41) is 1.24. The van der Waals surface area contributed by atoms with Gasteiger partial charge in [-0.05, 0) is 67.1 Å². The molecule has 0 saturated carbocycles. The van der Waals surface area contributed by atoms with Gasteiger partial charge in [0.25, 0.3) is 5.91 Å². The number of rotatable bonds is 7. The van der Waals surface area contributed by atoms with Gasteiger partial charge in [-0.25, -0.2) is 0 Å². The average Bonchev–Trinajstić information content (AvgIpc) is 3.32. The molecule has 3 aliphatic rings. The number of ether oxygens (including phenoxy) is 2. The molecule has 1 aromatic heterocycles. The first-order valence-corrected chi connectivity index (χ1v) is 13.9. The van der Waals surface area contributed by atoms with E-state index in [1.807, 2.05) is 17.0 Å². The Bertz CT molecular complexity index is 1220. The zero-order valence-electron chi connectivity index (χ0n) is 21.7. The number of nitrogens with one attached hydrogen (secondary N) is 1. The van der Waals surface area contributed by atoms with E-state index in [-0.39, 0.29) is 5.91 Å². The Balaban J connectivity index is 0.977. The second-order valence-electron chi connectivity index (χ2n) is 10.6. The third kappa shape index (κ3) is 5.69. The van der Waals surface area contributed by atoms with Crippen molar-refractivity contribution in [3.63, 3.8) is 0 Å². The maximum atomic E-state index is 13.3. The van der Waals surface area contributed by atoms with Crippen molar-refractivity contribution in [3.05, 3.63) is 64.8 Å². The van der Waals surface area contributed by atoms with E-state index in [1.165, 1.54) is 40.6 Å². The summed E-state index contributed by atoms with van der Waals surface area (Å²) in [5.74, 6) is 1.09. The van der Waals surface area contributed by atoms with Crippen LogP contribution in [0.4, 0.5) is 0 Å². The third-order valence-corrected chi connectivity index (χ3v) is 8.09. The van der Waals surface area contributed by atoms with Gasteiger partial charge in [0.2, 0.25) is 0 Å². The SMILES string of the molecule is O=C(c1ccc2[nH]c3c(c2c1)CCCC3)N1CCN(CCOc2cccc(CN3CCOCC3)c2)CC1. The minimum absolute atomic E-state index is 0.153. The van der Waals surface area contributed by atoms with Crippen LogP contribution in [0.5, 0.6) is 5.75 Å². The summed E-state index contributed by atoms with van der Waals surface area (Å²) in [7, 11) is 0. The highest BCUT2D eigenvalue weighted by molar-refractivity contribution is 5.99. The summed E-state index contributed by atoms with van der Waals surface area (Å²) in [6.07, 6.45) is 4.73. The number of aromatic nitrogens is 1. The first-order chi connectivity index (χ1) is 18.2. The minimum Gasteiger partial charge on any atom is -0.492 e. The molecule has 2 fully saturated rings. The topological polar surface area (TPSA) is 61.0 Å². The predicted octanol–water partition coefficient (Wildman–Crippen LogP) is 3.72. The summed E-state index contributed by atoms with van der Waals surface area (Å²) in [6.45, 7) is 9.37. The van der Waals surface area contributed by atoms with E-state index in [0.717, 1.165) is 89.7 Å². The van der Waals surface area contributed by atoms with Crippen LogP contribution in [0.1, 0.15) is 40.0 Å². The molecular weight excluding hydrogens is 464 g/mol. The molecule has 196 valence electrons. The van der Waals surface area contributed by atoms with Crippen LogP contribution in [0.15, 0.2) is 42.5 Å². The van der Waals surface area contributed by atoms with Crippen molar-refractivity contribution in [2.24, 2.45) is 0 Å². The molecule has 2 saturated heterocycles. The number of carbonyl (C=O) groups excluding carboxylic acids is 1. The first kappa shape index (κ1) is 24.5. The van der Waals surface area contributed by atoms with Gasteiger partial charge in [0.05, 0.1) is 13.2 Å². The zero-order chi connectivity index (χ0) is 25.0. The van der Waals surface area contributed by atoms with E-state index in [0.29, 0.717) is 6.61 Å². The average molecular weight is 503 g/mol. The van der Waals surface area contributed by atoms with Crippen LogP contribution >= 0.6 is 0 Å². The molecule has 7 nitrogen and oxygen atoms in total. The lowest BCUT2D eigenvalue weighted by Crippen LogP contribution is -2.49. The van der Waals surface area contributed by atoms with Gasteiger partial charge in [-0.15, -0.1) is 0 Å². The Morgan fingerprint density at radius 3 is 2.62 bits per heavy atom. The van der Waals surface area contributed by atoms with E-state index in [1.54, 1.807) is 0 Å². The van der Waals surface area contributed by atoms with Crippen LogP contribution in [-0.2, 0) is 24.1 Å². The number of hydrogen-bond donors (Lipinski definition) is 1. The largest absolute Gasteiger partial charge is 0.492 e. The van der Waals surface area contributed by atoms with E-state index in [4.69, 9.17) is 9.47 Å². The number of nitrogens with zero attached hydrogens (tertiary/aromatic N) is 3. The molecule has 1 aliphatic carbocycles. The monoisotopic (exact) mass is 502 g/mol. The van der Waals surface area contributed by atoms with Crippen molar-refractivity contribution < 1.29 is 14.3 Å². The number of carbonyl (C=O) groups is 1. The van der Waals surface area contributed by atoms with Crippen molar-refractivity contribution in [2.45, 2.75) is 32.2 Å². The zero-order valence-corrected chi connectivity index (χ0v) is 21.7. The second-order valence-corrected chi connectivity index (χ2v) is 10.6. The maximum absolute atomic E-state index is 13.3. The van der Waals surface area contributed by atoms with Gasteiger partial charge >= 0.3 is 0 Å². The molecule has 37 heavy (non-hydrogen) atoms. The summed E-state index contributed by atoms with van der Waals surface area (Å²) in [5.41, 5.74) is 6.05. The Morgan fingerprint density at radius 2 is 1.76 bits per heavy atom. The lowest BCUT2D eigenvalue weighted by Gasteiger charge is -2.34. The van der Waals surface area contributed by atoms with E-state index < -0.39 is 0 Å². The standard InChI is InChI=1S/C30H38N4O3/c35-30(24-8-9-29-27(21-24)26-6-1-2-7-28(26)31-29)34-12-10-32(11-13-34)16-19-37-25-5-3-4-23(20-25)22-33-14-17-36-18-15-33/h3-5,8-9,20-21,31H,1-2,6-7,10-19,22H2. The smallest absolute Gasteiger partial charge is 0.253 e. The molecule has 0 unspecified atom stereocenters. The van der Waals surface area contributed by atoms with Crippen LogP contribution in [-0.4, -0.2) is 91.2 Å². The van der Waals surface area contributed by atoms with Gasteiger partial charge in [0.15, 0.2) is 0 Å². The Hall–Kier alpha value is -2.87. The number of piperazine rings is 1. The van der Waals surface area contributed by atoms with Gasteiger partial charge in [0, 0.05) is 74.5 Å². The third-order valence-electron chi connectivity index (χ3n) is 8.09. The summed E-state index contributed by atoms with van der Waals surface area (Å²) < 4.78 is 11.5. The molecule has 7 heteroatoms. The molecule has 3 aromatic rings. The Kier molecular flexibility index (Phi) is 7.44. The maximum Gasteiger partial charge on any atom is 0.253 e. The molecule has 2 aliphatic heterocycles. The van der Waals surface area contributed by atoms with E-state index in [9.17, 15) is 4.79 Å². The van der Waals surface area contributed by atoms with E-state index in [2.05, 4.69) is 45.1 Å². The van der Waals surface area contributed by atoms with Crippen molar-refractivity contribution in [3.8, 4) is 5.75 Å². The normalized spacial score (nSPS) is 19.2. The number of aromatic amines is 1. The molecule has 1 N–H and O–H groups in total. The van der Waals surface area contributed by atoms with Gasteiger partial charge in [-0.1, -0.05) is 12.1 Å². The number of amides is 1. The van der Waals surface area contributed by atoms with Crippen LogP contribution in [0.25, 0.3) is 10.9 Å². The number of fused-ring (bicyclic) bond motifs is 3. The number of hydrogen-bond acceptors (Lipinski definition) is 5. The summed E-state index contributed by atoms with van der Waals surface area (Å²) >= 11 is 0. The van der Waals surface area contributed by atoms with Gasteiger partial charge in [0.1, 0.15) is 12.4 Å². The molecule has 0 atom stereocenters. The molecule has 6 rings (SSSR count). The van der Waals surface area contributed by atoms with Crippen molar-refractivity contribution >= 4 is 16.8 Å². The predicted molar refractivity (Wildman–Crippen MR) is 145 cm³/mol. The van der Waals surface area contributed by atoms with Crippen LogP contribution in [0.2, 0.25) is 0 Å². The molecule has 2 aromatic carbocycles. The summed E-state index contributed by atoms with van der Waals surface area (Å²) in [6, 6.07) is 14.6. The number of benzene rings is 2. The van der Waals surface area contributed by atoms with Gasteiger partial charge in [-0.3, -0.25) is 14.6 Å². The van der Waals surface area contributed by atoms with Crippen LogP contribution < -0.4 is 4.74 Å². The highest BCUT2D eigenvalue weighted by Crippen LogP contribution is 2.30. The van der Waals surface area contributed by atoms with Crippen molar-refractivity contribution in [1.29, 1.82) is 0 Å². The van der Waals surface area contributed by atoms with Crippen molar-refractivity contribution in [1.82, 2.24) is 19.7 Å². The fourth-order valence-electron chi connectivity index (χ4n) is 5.94. The second kappa shape index (κ2) is 11.3. The Labute approximate surface area is 219 Å².